The second-order valence-electron chi connectivity index (χ2n) is 10.5. The van der Waals surface area contributed by atoms with Crippen LogP contribution in [-0.4, -0.2) is 11.7 Å². The van der Waals surface area contributed by atoms with Crippen molar-refractivity contribution < 1.29 is 0 Å². The maximum Gasteiger partial charge on any atom is 0.166 e. The molecule has 4 heteroatoms. The summed E-state index contributed by atoms with van der Waals surface area (Å²) in [5, 5.41) is 0. The highest BCUT2D eigenvalue weighted by molar-refractivity contribution is 6.40. The number of nitrogens with two attached hydrogens (primary N) is 2. The average Bonchev–Trinajstić information content (AvgIpc) is 2.85. The molecule has 3 aromatic rings. The average molecular weight is 485 g/mol. The van der Waals surface area contributed by atoms with Crippen LogP contribution in [-0.2, 0) is 5.41 Å². The second kappa shape index (κ2) is 12.5. The summed E-state index contributed by atoms with van der Waals surface area (Å²) in [6, 6.07) is 22.9. The second-order valence-corrected chi connectivity index (χ2v) is 10.5. The Balaban J connectivity index is 0.00000222. The van der Waals surface area contributed by atoms with Crippen molar-refractivity contribution in [3.8, 4) is 11.1 Å². The highest BCUT2D eigenvalue weighted by atomic mass is 15.0. The summed E-state index contributed by atoms with van der Waals surface area (Å²) in [6.45, 7) is 19.4. The highest BCUT2D eigenvalue weighted by Crippen LogP contribution is 2.40. The lowest BCUT2D eigenvalue weighted by Gasteiger charge is -2.25. The third kappa shape index (κ3) is 7.30. The molecule has 0 aliphatic rings. The highest BCUT2D eigenvalue weighted by Gasteiger charge is 2.22. The number of hydrogen-bond donors (Lipinski definition) is 2. The number of nitrogens with zero attached hydrogens (tertiary/aromatic N) is 2. The predicted octanol–water partition coefficient (Wildman–Crippen LogP) is 8.60. The van der Waals surface area contributed by atoms with Gasteiger partial charge in [-0.05, 0) is 63.3 Å². The largest absolute Gasteiger partial charge is 0.381 e. The van der Waals surface area contributed by atoms with Gasteiger partial charge in [-0.2, -0.15) is 0 Å². The molecule has 0 fully saturated rings. The minimum Gasteiger partial charge on any atom is -0.381 e. The molecule has 0 atom stereocenters. The van der Waals surface area contributed by atoms with Crippen LogP contribution in [0.1, 0.15) is 90.8 Å². The van der Waals surface area contributed by atoms with Crippen LogP contribution in [0.3, 0.4) is 0 Å². The summed E-state index contributed by atoms with van der Waals surface area (Å²) in [5.74, 6) is 1.26. The fraction of sp³-hybridized carbons (Fsp3) is 0.375. The van der Waals surface area contributed by atoms with Crippen LogP contribution in [0.2, 0.25) is 0 Å². The lowest BCUT2D eigenvalue weighted by atomic mass is 9.81. The summed E-state index contributed by atoms with van der Waals surface area (Å²) in [5.41, 5.74) is 20.1. The van der Waals surface area contributed by atoms with E-state index in [4.69, 9.17) is 16.5 Å². The summed E-state index contributed by atoms with van der Waals surface area (Å²) in [7, 11) is 0. The zero-order chi connectivity index (χ0) is 27.0. The van der Waals surface area contributed by atoms with Gasteiger partial charge in [0.2, 0.25) is 0 Å². The summed E-state index contributed by atoms with van der Waals surface area (Å²) < 4.78 is 0. The van der Waals surface area contributed by atoms with E-state index in [0.29, 0.717) is 11.8 Å². The van der Waals surface area contributed by atoms with Gasteiger partial charge in [0, 0.05) is 0 Å². The number of aliphatic imine (C=N–C) groups is 2. The third-order valence-electron chi connectivity index (χ3n) is 6.00. The Morgan fingerprint density at radius 2 is 1.28 bits per heavy atom. The minimum absolute atomic E-state index is 0.115. The van der Waals surface area contributed by atoms with Crippen molar-refractivity contribution in [1.29, 1.82) is 0 Å². The van der Waals surface area contributed by atoms with E-state index in [9.17, 15) is 0 Å². The predicted molar refractivity (Wildman–Crippen MR) is 159 cm³/mol. The van der Waals surface area contributed by atoms with E-state index < -0.39 is 0 Å². The van der Waals surface area contributed by atoms with Gasteiger partial charge in [0.05, 0.1) is 11.4 Å². The quantitative estimate of drug-likeness (QED) is 0.281. The van der Waals surface area contributed by atoms with Crippen LogP contribution in [0.5, 0.6) is 0 Å². The maximum atomic E-state index is 6.37. The maximum absolute atomic E-state index is 6.37. The van der Waals surface area contributed by atoms with Gasteiger partial charge in [0.15, 0.2) is 11.7 Å². The van der Waals surface area contributed by atoms with Crippen LogP contribution < -0.4 is 11.5 Å². The molecular formula is C32H44N4. The van der Waals surface area contributed by atoms with Gasteiger partial charge in [0.25, 0.3) is 0 Å². The van der Waals surface area contributed by atoms with Gasteiger partial charge < -0.3 is 11.5 Å². The van der Waals surface area contributed by atoms with E-state index >= 15 is 0 Å². The molecule has 4 N–H and O–H groups in total. The van der Waals surface area contributed by atoms with Crippen molar-refractivity contribution in [3.63, 3.8) is 0 Å². The van der Waals surface area contributed by atoms with Crippen LogP contribution in [0.25, 0.3) is 11.1 Å². The summed E-state index contributed by atoms with van der Waals surface area (Å²) >= 11 is 0. The van der Waals surface area contributed by atoms with E-state index in [2.05, 4.69) is 102 Å². The van der Waals surface area contributed by atoms with Gasteiger partial charge in [-0.1, -0.05) is 111 Å². The fourth-order valence-electron chi connectivity index (χ4n) is 3.96. The molecule has 0 saturated heterocycles. The van der Waals surface area contributed by atoms with Crippen LogP contribution in [0.4, 0.5) is 11.4 Å². The molecule has 0 bridgehead atoms. The zero-order valence-electron chi connectivity index (χ0n) is 23.6. The Kier molecular flexibility index (Phi) is 10.0. The molecule has 0 spiro atoms. The standard InChI is InChI=1S/C30H38N4.C2H6/c1-19(2)21-13-15-23(16-14-21)33-28(31)29(32)34-27-18-25(22-11-9-8-10-12-22)24(20(3)4)17-26(27)30(5,6)7;1-2/h8-20H,1-7H3,(H2,31,33)(H2,32,34);1-2H3. The van der Waals surface area contributed by atoms with E-state index in [-0.39, 0.29) is 17.1 Å². The van der Waals surface area contributed by atoms with E-state index in [1.54, 1.807) is 0 Å². The summed E-state index contributed by atoms with van der Waals surface area (Å²) in [6.07, 6.45) is 0. The fourth-order valence-corrected chi connectivity index (χ4v) is 3.96. The van der Waals surface area contributed by atoms with Gasteiger partial charge in [-0.25, -0.2) is 9.98 Å². The van der Waals surface area contributed by atoms with Crippen molar-refractivity contribution in [1.82, 2.24) is 0 Å². The lowest BCUT2D eigenvalue weighted by molar-refractivity contribution is 0.590. The summed E-state index contributed by atoms with van der Waals surface area (Å²) in [4.78, 5) is 9.30. The molecule has 0 amide bonds. The van der Waals surface area contributed by atoms with Gasteiger partial charge in [-0.3, -0.25) is 0 Å². The molecule has 0 aromatic heterocycles. The molecule has 36 heavy (non-hydrogen) atoms. The Bertz CT molecular complexity index is 1180. The molecule has 0 aliphatic heterocycles. The van der Waals surface area contributed by atoms with E-state index in [1.807, 2.05) is 32.0 Å². The first-order valence-electron chi connectivity index (χ1n) is 13.0. The third-order valence-corrected chi connectivity index (χ3v) is 6.00. The van der Waals surface area contributed by atoms with E-state index in [1.165, 1.54) is 11.1 Å². The Morgan fingerprint density at radius 1 is 0.722 bits per heavy atom. The monoisotopic (exact) mass is 484 g/mol. The number of benzene rings is 3. The molecule has 0 aliphatic carbocycles. The van der Waals surface area contributed by atoms with Gasteiger partial charge in [-0.15, -0.1) is 0 Å². The lowest BCUT2D eigenvalue weighted by Crippen LogP contribution is -2.31. The number of hydrogen-bond acceptors (Lipinski definition) is 2. The van der Waals surface area contributed by atoms with E-state index in [0.717, 1.165) is 28.1 Å². The Morgan fingerprint density at radius 3 is 1.78 bits per heavy atom. The van der Waals surface area contributed by atoms with Crippen molar-refractivity contribution in [2.75, 3.05) is 0 Å². The smallest absolute Gasteiger partial charge is 0.166 e. The molecule has 0 heterocycles. The van der Waals surface area contributed by atoms with Gasteiger partial charge >= 0.3 is 0 Å². The molecule has 0 saturated carbocycles. The zero-order valence-corrected chi connectivity index (χ0v) is 23.6. The molecule has 4 nitrogen and oxygen atoms in total. The normalized spacial score (nSPS) is 12.5. The minimum atomic E-state index is -0.115. The molecule has 0 radical (unpaired) electrons. The topological polar surface area (TPSA) is 76.8 Å². The first-order valence-corrected chi connectivity index (χ1v) is 13.0. The molecule has 3 rings (SSSR count). The number of amidine groups is 2. The van der Waals surface area contributed by atoms with Crippen LogP contribution in [0.15, 0.2) is 76.7 Å². The number of rotatable bonds is 5. The SMILES string of the molecule is CC.CC(C)c1ccc(N=C(N)C(N)=Nc2cc(-c3ccccc3)c(C(C)C)cc2C(C)(C)C)cc1. The molecule has 192 valence electrons. The molecular weight excluding hydrogens is 440 g/mol. The van der Waals surface area contributed by atoms with Crippen LogP contribution in [0, 0.1) is 0 Å². The van der Waals surface area contributed by atoms with Crippen molar-refractivity contribution in [3.05, 3.63) is 83.4 Å². The van der Waals surface area contributed by atoms with Gasteiger partial charge in [0.1, 0.15) is 0 Å². The van der Waals surface area contributed by atoms with Crippen molar-refractivity contribution in [2.45, 2.75) is 79.6 Å². The molecule has 3 aromatic carbocycles. The molecule has 0 unspecified atom stereocenters. The first kappa shape index (κ1) is 28.8. The Labute approximate surface area is 218 Å². The Hall–Kier alpha value is -3.40. The van der Waals surface area contributed by atoms with Crippen molar-refractivity contribution >= 4 is 23.0 Å². The van der Waals surface area contributed by atoms with Crippen molar-refractivity contribution in [2.24, 2.45) is 21.5 Å². The first-order chi connectivity index (χ1) is 17.0. The van der Waals surface area contributed by atoms with Crippen LogP contribution >= 0.6 is 0 Å².